The van der Waals surface area contributed by atoms with Crippen molar-refractivity contribution >= 4 is 11.3 Å². The fourth-order valence-electron chi connectivity index (χ4n) is 8.37. The monoisotopic (exact) mass is 953 g/mol. The van der Waals surface area contributed by atoms with Crippen molar-refractivity contribution in [3.8, 4) is 0 Å². The third-order valence-corrected chi connectivity index (χ3v) is 11.0. The Morgan fingerprint density at radius 2 is 1.10 bits per heavy atom. The standard InChI is InChI=1S/C45H58N3.3C2H6N.Hf/c1-26(2)31-23-38(29(7)8)42(39(24-31)30(9)10)44(47-43-32(27(3)4)21-16-22-33(43)28(5)6)45-46-40(25-48(45)11)41-36-19-14-12-17-34(36)35-18-13-15-20-37(35)41;3*1-3-2;/h12,14,16-17,19,21-30,41,44H,13,15,18,20H2,1-11H3;3*1-2H3;/q4*-1;+4. The number of fused-ring (bicyclic) bond motifs is 2. The number of para-hydroxylation sites is 1. The van der Waals surface area contributed by atoms with Crippen molar-refractivity contribution in [3.63, 3.8) is 0 Å². The summed E-state index contributed by atoms with van der Waals surface area (Å²) in [6.07, 6.45) is 7.22. The third-order valence-electron chi connectivity index (χ3n) is 11.0. The van der Waals surface area contributed by atoms with Crippen molar-refractivity contribution in [3.05, 3.63) is 144 Å². The second-order valence-corrected chi connectivity index (χ2v) is 17.4. The minimum absolute atomic E-state index is 0. The normalized spacial score (nSPS) is 14.9. The molecule has 0 radical (unpaired) electrons. The van der Waals surface area contributed by atoms with Crippen LogP contribution in [-0.4, -0.2) is 51.8 Å². The van der Waals surface area contributed by atoms with E-state index in [0.29, 0.717) is 29.6 Å². The number of hydrogen-bond donors (Lipinski definition) is 0. The van der Waals surface area contributed by atoms with Gasteiger partial charge in [0.25, 0.3) is 0 Å². The first kappa shape index (κ1) is 51.3. The molecule has 3 aromatic carbocycles. The van der Waals surface area contributed by atoms with E-state index in [4.69, 9.17) is 10.3 Å². The predicted octanol–water partition coefficient (Wildman–Crippen LogP) is 15.2. The summed E-state index contributed by atoms with van der Waals surface area (Å²) >= 11 is 0. The Labute approximate surface area is 374 Å². The van der Waals surface area contributed by atoms with Crippen molar-refractivity contribution in [2.75, 3.05) is 42.3 Å². The summed E-state index contributed by atoms with van der Waals surface area (Å²) in [5.41, 5.74) is 16.6. The molecule has 6 nitrogen and oxygen atoms in total. The zero-order valence-electron chi connectivity index (χ0n) is 39.3. The number of rotatable bonds is 10. The number of allylic oxidation sites excluding steroid dienone is 2. The summed E-state index contributed by atoms with van der Waals surface area (Å²) in [5, 5.41) is 16.4. The average Bonchev–Trinajstić information content (AvgIpc) is 3.71. The largest absolute Gasteiger partial charge is 4.00 e. The molecule has 0 saturated carbocycles. The van der Waals surface area contributed by atoms with Gasteiger partial charge in [0.15, 0.2) is 0 Å². The molecule has 0 bridgehead atoms. The molecule has 314 valence electrons. The van der Waals surface area contributed by atoms with E-state index in [1.807, 2.05) is 0 Å². The van der Waals surface area contributed by atoms with Gasteiger partial charge in [0.05, 0.1) is 11.5 Å². The van der Waals surface area contributed by atoms with Gasteiger partial charge in [0.1, 0.15) is 0 Å². The van der Waals surface area contributed by atoms with Crippen LogP contribution in [0.3, 0.4) is 0 Å². The summed E-state index contributed by atoms with van der Waals surface area (Å²) in [6.45, 7) is 23.2. The van der Waals surface area contributed by atoms with E-state index in [2.05, 4.69) is 158 Å². The Balaban J connectivity index is 0.00000106. The van der Waals surface area contributed by atoms with Crippen LogP contribution in [0.1, 0.15) is 192 Å². The molecule has 0 spiro atoms. The summed E-state index contributed by atoms with van der Waals surface area (Å²) in [4.78, 5) is 5.70. The molecule has 58 heavy (non-hydrogen) atoms. The zero-order valence-corrected chi connectivity index (χ0v) is 42.9. The second kappa shape index (κ2) is 24.4. The van der Waals surface area contributed by atoms with Crippen molar-refractivity contribution in [1.29, 1.82) is 0 Å². The summed E-state index contributed by atoms with van der Waals surface area (Å²) in [7, 11) is 12.7. The predicted molar refractivity (Wildman–Crippen MR) is 251 cm³/mol. The number of nitrogens with zero attached hydrogens (tertiary/aromatic N) is 6. The molecule has 1 heterocycles. The van der Waals surface area contributed by atoms with E-state index in [1.165, 1.54) is 75.9 Å². The maximum absolute atomic E-state index is 5.93. The molecule has 2 unspecified atom stereocenters. The summed E-state index contributed by atoms with van der Waals surface area (Å²) in [5.74, 6) is 3.17. The van der Waals surface area contributed by atoms with Gasteiger partial charge in [0.2, 0.25) is 0 Å². The quantitative estimate of drug-likeness (QED) is 0.146. The third kappa shape index (κ3) is 12.1. The minimum Gasteiger partial charge on any atom is -0.671 e. The van der Waals surface area contributed by atoms with Crippen LogP contribution in [0, 0.1) is 0 Å². The smallest absolute Gasteiger partial charge is 0.671 e. The Morgan fingerprint density at radius 1 is 0.621 bits per heavy atom. The Hall–Kier alpha value is -2.84. The van der Waals surface area contributed by atoms with Crippen molar-refractivity contribution in [1.82, 2.24) is 9.55 Å². The van der Waals surface area contributed by atoms with Gasteiger partial charge in [-0.2, -0.15) is 42.3 Å². The van der Waals surface area contributed by atoms with Crippen molar-refractivity contribution in [2.24, 2.45) is 7.05 Å². The van der Waals surface area contributed by atoms with E-state index < -0.39 is 0 Å². The van der Waals surface area contributed by atoms with E-state index in [9.17, 15) is 0 Å². The average molecular weight is 952 g/mol. The molecule has 4 aromatic rings. The van der Waals surface area contributed by atoms with Crippen molar-refractivity contribution in [2.45, 2.75) is 136 Å². The van der Waals surface area contributed by atoms with E-state index in [0.717, 1.165) is 11.5 Å². The topological polar surface area (TPSA) is 74.2 Å². The molecule has 2 aliphatic carbocycles. The van der Waals surface area contributed by atoms with E-state index in [-0.39, 0.29) is 37.8 Å². The van der Waals surface area contributed by atoms with Crippen LogP contribution in [0.15, 0.2) is 66.4 Å². The number of imidazole rings is 1. The summed E-state index contributed by atoms with van der Waals surface area (Å²) in [6, 6.07) is 20.6. The first-order valence-electron chi connectivity index (χ1n) is 21.4. The molecular formula is C51H76HfN6. The first-order valence-corrected chi connectivity index (χ1v) is 21.4. The van der Waals surface area contributed by atoms with Gasteiger partial charge in [-0.1, -0.05) is 141 Å². The van der Waals surface area contributed by atoms with E-state index >= 15 is 0 Å². The molecule has 6 rings (SSSR count). The molecule has 0 fully saturated rings. The SMILES string of the molecule is CC(C)c1cc(C(C)C)c(C([N-]c2c(C(C)C)cccc2C(C)C)c2nc(C3C4=C(CCCC4)c4ccccc43)cn2C)c(C(C)C)c1.C[N-]C.C[N-]C.C[N-]C.[Hf+4]. The number of aryl methyl sites for hydroxylation is 1. The zero-order chi connectivity index (χ0) is 42.6. The number of hydrogen-bond acceptors (Lipinski definition) is 1. The van der Waals surface area contributed by atoms with Crippen LogP contribution in [0.5, 0.6) is 0 Å². The fraction of sp³-hybridized carbons (Fsp3) is 0.549. The molecule has 7 heteroatoms. The minimum atomic E-state index is -0.228. The molecule has 1 aromatic heterocycles. The van der Waals surface area contributed by atoms with Crippen LogP contribution >= 0.6 is 0 Å². The molecule has 2 aliphatic rings. The van der Waals surface area contributed by atoms with Crippen LogP contribution in [-0.2, 0) is 32.9 Å². The molecular weight excluding hydrogens is 875 g/mol. The molecule has 2 atom stereocenters. The van der Waals surface area contributed by atoms with Gasteiger partial charge in [-0.3, -0.25) is 0 Å². The van der Waals surface area contributed by atoms with Gasteiger partial charge >= 0.3 is 25.8 Å². The molecule has 0 aliphatic heterocycles. The first-order chi connectivity index (χ1) is 27.1. The van der Waals surface area contributed by atoms with Crippen molar-refractivity contribution < 1.29 is 25.8 Å². The van der Waals surface area contributed by atoms with Gasteiger partial charge in [-0.05, 0) is 100 Å². The second-order valence-electron chi connectivity index (χ2n) is 17.4. The Morgan fingerprint density at radius 3 is 1.59 bits per heavy atom. The van der Waals surface area contributed by atoms with Gasteiger partial charge in [-0.25, -0.2) is 4.98 Å². The fourth-order valence-corrected chi connectivity index (χ4v) is 8.37. The molecule has 0 saturated heterocycles. The van der Waals surface area contributed by atoms with E-state index in [1.54, 1.807) is 53.4 Å². The van der Waals surface area contributed by atoms with Crippen LogP contribution in [0.25, 0.3) is 26.8 Å². The maximum Gasteiger partial charge on any atom is 4.00 e. The maximum atomic E-state index is 5.93. The van der Waals surface area contributed by atoms with Crippen LogP contribution in [0.2, 0.25) is 0 Å². The Bertz CT molecular complexity index is 1820. The van der Waals surface area contributed by atoms with Gasteiger partial charge in [-0.15, -0.1) is 5.69 Å². The summed E-state index contributed by atoms with van der Waals surface area (Å²) < 4.78 is 2.31. The van der Waals surface area contributed by atoms with Crippen LogP contribution < -0.4 is 0 Å². The Kier molecular flexibility index (Phi) is 21.6. The van der Waals surface area contributed by atoms with Gasteiger partial charge in [0, 0.05) is 19.2 Å². The molecule has 0 amide bonds. The number of aromatic nitrogens is 2. The van der Waals surface area contributed by atoms with Crippen LogP contribution in [0.4, 0.5) is 5.69 Å². The van der Waals surface area contributed by atoms with Gasteiger partial charge < -0.3 is 25.8 Å². The molecule has 0 N–H and O–H groups in total. The number of benzene rings is 3.